The molecule has 0 N–H and O–H groups in total. The number of esters is 2. The van der Waals surface area contributed by atoms with Crippen LogP contribution in [-0.2, 0) is 28.6 Å². The van der Waals surface area contributed by atoms with Crippen LogP contribution in [0.25, 0.3) is 0 Å². The minimum Gasteiger partial charge on any atom is -0.456 e. The van der Waals surface area contributed by atoms with Crippen molar-refractivity contribution in [3.8, 4) is 0 Å². The molecule has 4 bridgehead atoms. The van der Waals surface area contributed by atoms with E-state index in [9.17, 15) is 14.4 Å². The topological polar surface area (TPSA) is 78.9 Å². The number of aldehydes is 1. The number of hydrogen-bond donors (Lipinski definition) is 0. The molecular formula is C20H24O6. The Hall–Kier alpha value is -2.21. The smallest absolute Gasteiger partial charge is 0.330 e. The zero-order chi connectivity index (χ0) is 19.0. The number of carbonyl (C=O) groups excluding carboxylic acids is 3. The van der Waals surface area contributed by atoms with Gasteiger partial charge in [-0.05, 0) is 25.2 Å². The van der Waals surface area contributed by atoms with Gasteiger partial charge in [-0.1, -0.05) is 19.2 Å². The molecule has 3 unspecified atom stereocenters. The fourth-order valence-corrected chi connectivity index (χ4v) is 5.47. The molecule has 0 aromatic carbocycles. The maximum absolute atomic E-state index is 11.9. The Kier molecular flexibility index (Phi) is 4.65. The second-order valence-electron chi connectivity index (χ2n) is 7.76. The molecule has 0 aliphatic heterocycles. The Labute approximate surface area is 152 Å². The van der Waals surface area contributed by atoms with Crippen LogP contribution in [0, 0.1) is 5.92 Å². The lowest BCUT2D eigenvalue weighted by Crippen LogP contribution is -2.69. The lowest BCUT2D eigenvalue weighted by Gasteiger charge is -2.64. The zero-order valence-electron chi connectivity index (χ0n) is 14.8. The van der Waals surface area contributed by atoms with Crippen LogP contribution in [0.2, 0.25) is 0 Å². The Morgan fingerprint density at radius 1 is 0.885 bits per heavy atom. The third-order valence-electron chi connectivity index (χ3n) is 5.64. The van der Waals surface area contributed by atoms with Crippen LogP contribution in [0.15, 0.2) is 38.0 Å². The maximum atomic E-state index is 11.9. The number of rotatable bonds is 8. The number of carbonyl (C=O) groups is 3. The second kappa shape index (κ2) is 6.50. The van der Waals surface area contributed by atoms with E-state index in [0.29, 0.717) is 38.4 Å². The Balaban J connectivity index is 1.97. The highest BCUT2D eigenvalue weighted by Gasteiger charge is 2.67. The zero-order valence-corrected chi connectivity index (χ0v) is 14.8. The number of hydrogen-bond acceptors (Lipinski definition) is 6. The summed E-state index contributed by atoms with van der Waals surface area (Å²) in [6.45, 7) is 10.6. The van der Waals surface area contributed by atoms with Crippen molar-refractivity contribution < 1.29 is 28.6 Å². The van der Waals surface area contributed by atoms with E-state index in [4.69, 9.17) is 14.2 Å². The van der Waals surface area contributed by atoms with Crippen LogP contribution >= 0.6 is 0 Å². The van der Waals surface area contributed by atoms with Gasteiger partial charge in [0.1, 0.15) is 17.3 Å². The molecule has 4 aliphatic rings. The van der Waals surface area contributed by atoms with E-state index in [1.54, 1.807) is 0 Å². The van der Waals surface area contributed by atoms with Crippen molar-refractivity contribution in [2.45, 2.75) is 61.4 Å². The summed E-state index contributed by atoms with van der Waals surface area (Å²) in [6, 6.07) is 0. The molecule has 3 atom stereocenters. The van der Waals surface area contributed by atoms with Gasteiger partial charge in [0.25, 0.3) is 0 Å². The molecule has 0 aromatic rings. The van der Waals surface area contributed by atoms with E-state index in [1.165, 1.54) is 6.08 Å². The van der Waals surface area contributed by atoms with Crippen molar-refractivity contribution in [3.63, 3.8) is 0 Å². The first-order chi connectivity index (χ1) is 12.3. The number of ether oxygens (including phenoxy) is 3. The first-order valence-electron chi connectivity index (χ1n) is 8.78. The van der Waals surface area contributed by atoms with Crippen LogP contribution in [0.5, 0.6) is 0 Å². The molecule has 4 aliphatic carbocycles. The molecular weight excluding hydrogens is 336 g/mol. The molecule has 4 rings (SSSR count). The molecule has 0 heterocycles. The van der Waals surface area contributed by atoms with Crippen LogP contribution in [0.4, 0.5) is 0 Å². The lowest BCUT2D eigenvalue weighted by molar-refractivity contribution is -0.279. The molecule has 4 fully saturated rings. The Morgan fingerprint density at radius 3 is 1.77 bits per heavy atom. The van der Waals surface area contributed by atoms with Gasteiger partial charge in [-0.3, -0.25) is 0 Å². The fourth-order valence-electron chi connectivity index (χ4n) is 5.47. The molecule has 0 radical (unpaired) electrons. The van der Waals surface area contributed by atoms with Crippen LogP contribution in [0.3, 0.4) is 0 Å². The van der Waals surface area contributed by atoms with E-state index in [0.717, 1.165) is 18.6 Å². The molecule has 140 valence electrons. The molecule has 0 saturated heterocycles. The summed E-state index contributed by atoms with van der Waals surface area (Å²) in [7, 11) is 0. The minimum atomic E-state index is -0.791. The van der Waals surface area contributed by atoms with E-state index in [2.05, 4.69) is 19.7 Å². The highest BCUT2D eigenvalue weighted by Crippen LogP contribution is 2.63. The average Bonchev–Trinajstić information content (AvgIpc) is 2.57. The van der Waals surface area contributed by atoms with Gasteiger partial charge < -0.3 is 19.0 Å². The largest absolute Gasteiger partial charge is 0.456 e. The van der Waals surface area contributed by atoms with Crippen molar-refractivity contribution in [1.29, 1.82) is 0 Å². The summed E-state index contributed by atoms with van der Waals surface area (Å²) in [6.07, 6.45) is 7.07. The van der Waals surface area contributed by atoms with Crippen molar-refractivity contribution in [3.05, 3.63) is 38.0 Å². The third kappa shape index (κ3) is 3.26. The van der Waals surface area contributed by atoms with Crippen molar-refractivity contribution in [2.24, 2.45) is 5.92 Å². The van der Waals surface area contributed by atoms with Crippen molar-refractivity contribution in [2.75, 3.05) is 0 Å². The predicted molar refractivity (Wildman–Crippen MR) is 93.1 cm³/mol. The second-order valence-corrected chi connectivity index (χ2v) is 7.76. The molecule has 0 spiro atoms. The maximum Gasteiger partial charge on any atom is 0.330 e. The molecule has 26 heavy (non-hydrogen) atoms. The molecule has 4 saturated carbocycles. The van der Waals surface area contributed by atoms with Crippen LogP contribution < -0.4 is 0 Å². The van der Waals surface area contributed by atoms with Gasteiger partial charge in [0.15, 0.2) is 6.29 Å². The summed E-state index contributed by atoms with van der Waals surface area (Å²) in [5.41, 5.74) is -2.29. The van der Waals surface area contributed by atoms with Gasteiger partial charge in [-0.25, -0.2) is 9.59 Å². The highest BCUT2D eigenvalue weighted by molar-refractivity contribution is 5.82. The van der Waals surface area contributed by atoms with Gasteiger partial charge >= 0.3 is 11.9 Å². The quantitative estimate of drug-likeness (QED) is 0.286. The summed E-state index contributed by atoms with van der Waals surface area (Å²) < 4.78 is 17.6. The van der Waals surface area contributed by atoms with E-state index < -0.39 is 34.8 Å². The fraction of sp³-hybridized carbons (Fsp3) is 0.550. The van der Waals surface area contributed by atoms with E-state index >= 15 is 0 Å². The van der Waals surface area contributed by atoms with Gasteiger partial charge in [-0.15, -0.1) is 6.58 Å². The molecule has 6 nitrogen and oxygen atoms in total. The third-order valence-corrected chi connectivity index (χ3v) is 5.64. The summed E-state index contributed by atoms with van der Waals surface area (Å²) in [5, 5.41) is 0. The summed E-state index contributed by atoms with van der Waals surface area (Å²) in [5.74, 6) is -0.857. The Bertz CT molecular complexity index is 619. The normalized spacial score (nSPS) is 38.1. The van der Waals surface area contributed by atoms with Crippen molar-refractivity contribution in [1.82, 2.24) is 0 Å². The average molecular weight is 360 g/mol. The Morgan fingerprint density at radius 2 is 1.35 bits per heavy atom. The monoisotopic (exact) mass is 360 g/mol. The summed E-state index contributed by atoms with van der Waals surface area (Å²) >= 11 is 0. The van der Waals surface area contributed by atoms with Crippen LogP contribution in [-0.4, -0.2) is 41.1 Å². The molecule has 0 aromatic heterocycles. The van der Waals surface area contributed by atoms with Gasteiger partial charge in [0, 0.05) is 31.4 Å². The van der Waals surface area contributed by atoms with Gasteiger partial charge in [0.05, 0.1) is 5.60 Å². The standard InChI is InChI=1S/C20H24O6/c1-4-15(10-21)24-18-7-14-8-19(11-18,25-16(22)5-2)13-20(9-14,12-18)26-17(23)6-3/h4-6,10,14-15H,1-3,7-9,11-13H2. The lowest BCUT2D eigenvalue weighted by atomic mass is 9.50. The van der Waals surface area contributed by atoms with E-state index in [1.807, 2.05) is 0 Å². The van der Waals surface area contributed by atoms with Gasteiger partial charge in [-0.2, -0.15) is 0 Å². The van der Waals surface area contributed by atoms with E-state index in [-0.39, 0.29) is 5.92 Å². The first-order valence-corrected chi connectivity index (χ1v) is 8.78. The molecule has 0 amide bonds. The van der Waals surface area contributed by atoms with Crippen LogP contribution in [0.1, 0.15) is 38.5 Å². The van der Waals surface area contributed by atoms with Crippen molar-refractivity contribution >= 4 is 18.2 Å². The first kappa shape index (κ1) is 18.6. The highest BCUT2D eigenvalue weighted by atomic mass is 16.6. The van der Waals surface area contributed by atoms with Gasteiger partial charge in [0.2, 0.25) is 0 Å². The minimum absolute atomic E-state index is 0.165. The predicted octanol–water partition coefficient (Wildman–Crippen LogP) is 2.43. The molecule has 6 heteroatoms. The summed E-state index contributed by atoms with van der Waals surface area (Å²) in [4.78, 5) is 35.2. The SMILES string of the molecule is C=CC(=O)OC12CC3CC(OC(=O)C=C)(C1)CC(OC(C=C)C=O)(C3)C2.